The molecular weight excluding hydrogens is 238 g/mol. The number of aryl methyl sites for hydroxylation is 1. The first-order valence-corrected chi connectivity index (χ1v) is 5.95. The van der Waals surface area contributed by atoms with Crippen LogP contribution in [0.3, 0.4) is 0 Å². The van der Waals surface area contributed by atoms with E-state index in [1.807, 2.05) is 37.3 Å². The molecule has 0 amide bonds. The minimum Gasteiger partial charge on any atom is -0.497 e. The molecule has 96 valence electrons. The van der Waals surface area contributed by atoms with Crippen LogP contribution in [0.4, 0.5) is 5.69 Å². The number of hydrogen-bond acceptors (Lipinski definition) is 4. The molecule has 2 rings (SSSR count). The molecule has 1 heterocycles. The van der Waals surface area contributed by atoms with Crippen molar-refractivity contribution in [3.8, 4) is 11.8 Å². The first-order valence-electron chi connectivity index (χ1n) is 5.95. The number of pyridine rings is 1. The zero-order valence-corrected chi connectivity index (χ0v) is 10.9. The molecule has 1 aromatic carbocycles. The summed E-state index contributed by atoms with van der Waals surface area (Å²) < 4.78 is 5.16. The van der Waals surface area contributed by atoms with Gasteiger partial charge in [0.05, 0.1) is 13.2 Å². The van der Waals surface area contributed by atoms with Crippen LogP contribution in [0.5, 0.6) is 5.75 Å². The summed E-state index contributed by atoms with van der Waals surface area (Å²) in [7, 11) is 1.62. The lowest BCUT2D eigenvalue weighted by Gasteiger charge is -2.15. The minimum absolute atomic E-state index is 0.430. The Balaban J connectivity index is 2.25. The van der Waals surface area contributed by atoms with Gasteiger partial charge in [0.15, 0.2) is 0 Å². The predicted octanol–water partition coefficient (Wildman–Crippen LogP) is 3.08. The Labute approximate surface area is 112 Å². The van der Waals surface area contributed by atoms with E-state index in [9.17, 15) is 5.26 Å². The Hall–Kier alpha value is -2.54. The maximum Gasteiger partial charge on any atom is 0.142 e. The van der Waals surface area contributed by atoms with Gasteiger partial charge in [0.25, 0.3) is 0 Å². The van der Waals surface area contributed by atoms with Crippen molar-refractivity contribution in [2.75, 3.05) is 12.4 Å². The lowest BCUT2D eigenvalue weighted by atomic mass is 10.0. The number of anilines is 1. The summed E-state index contributed by atoms with van der Waals surface area (Å²) in [6.07, 6.45) is 3.44. The number of benzene rings is 1. The van der Waals surface area contributed by atoms with Gasteiger partial charge < -0.3 is 10.1 Å². The lowest BCUT2D eigenvalue weighted by Crippen LogP contribution is -2.10. The van der Waals surface area contributed by atoms with Gasteiger partial charge in [-0.2, -0.15) is 5.26 Å². The van der Waals surface area contributed by atoms with Crippen molar-refractivity contribution in [3.05, 3.63) is 53.9 Å². The van der Waals surface area contributed by atoms with Gasteiger partial charge in [0, 0.05) is 29.7 Å². The van der Waals surface area contributed by atoms with Gasteiger partial charge in [-0.1, -0.05) is 6.07 Å². The third-order valence-corrected chi connectivity index (χ3v) is 2.90. The van der Waals surface area contributed by atoms with Gasteiger partial charge in [0.2, 0.25) is 0 Å². The van der Waals surface area contributed by atoms with E-state index in [1.54, 1.807) is 19.5 Å². The highest BCUT2D eigenvalue weighted by molar-refractivity contribution is 5.51. The lowest BCUT2D eigenvalue weighted by molar-refractivity contribution is 0.415. The van der Waals surface area contributed by atoms with E-state index >= 15 is 0 Å². The third-order valence-electron chi connectivity index (χ3n) is 2.90. The average Bonchev–Trinajstić information content (AvgIpc) is 2.46. The van der Waals surface area contributed by atoms with Crippen LogP contribution in [-0.2, 0) is 0 Å². The number of aromatic nitrogens is 1. The topological polar surface area (TPSA) is 57.9 Å². The zero-order valence-electron chi connectivity index (χ0n) is 10.9. The summed E-state index contributed by atoms with van der Waals surface area (Å²) in [5, 5.41) is 12.5. The number of nitrogens with one attached hydrogen (secondary N) is 1. The fraction of sp³-hybridized carbons (Fsp3) is 0.200. The average molecular weight is 253 g/mol. The van der Waals surface area contributed by atoms with Crippen LogP contribution >= 0.6 is 0 Å². The van der Waals surface area contributed by atoms with E-state index in [-0.39, 0.29) is 0 Å². The monoisotopic (exact) mass is 253 g/mol. The van der Waals surface area contributed by atoms with Crippen LogP contribution in [0.2, 0.25) is 0 Å². The SMILES string of the molecule is COc1cccc(NC(C#N)c2cnccc2C)c1. The van der Waals surface area contributed by atoms with Gasteiger partial charge in [-0.05, 0) is 30.7 Å². The highest BCUT2D eigenvalue weighted by Crippen LogP contribution is 2.23. The van der Waals surface area contributed by atoms with Gasteiger partial charge >= 0.3 is 0 Å². The first kappa shape index (κ1) is 12.9. The molecule has 0 radical (unpaired) electrons. The second kappa shape index (κ2) is 5.87. The Bertz CT molecular complexity index is 604. The second-order valence-electron chi connectivity index (χ2n) is 4.17. The molecule has 19 heavy (non-hydrogen) atoms. The Morgan fingerprint density at radius 2 is 2.21 bits per heavy atom. The molecule has 1 aromatic heterocycles. The molecule has 0 saturated carbocycles. The van der Waals surface area contributed by atoms with Crippen molar-refractivity contribution in [2.45, 2.75) is 13.0 Å². The molecule has 0 aliphatic carbocycles. The van der Waals surface area contributed by atoms with Crippen molar-refractivity contribution >= 4 is 5.69 Å². The molecule has 0 fully saturated rings. The summed E-state index contributed by atoms with van der Waals surface area (Å²) in [4.78, 5) is 4.07. The van der Waals surface area contributed by atoms with Crippen molar-refractivity contribution < 1.29 is 4.74 Å². The number of nitriles is 1. The van der Waals surface area contributed by atoms with Crippen molar-refractivity contribution in [3.63, 3.8) is 0 Å². The molecule has 1 N–H and O–H groups in total. The standard InChI is InChI=1S/C15H15N3O/c1-11-6-7-17-10-14(11)15(9-16)18-12-4-3-5-13(8-12)19-2/h3-8,10,15,18H,1-2H3. The largest absolute Gasteiger partial charge is 0.497 e. The summed E-state index contributed by atoms with van der Waals surface area (Å²) >= 11 is 0. The number of ether oxygens (including phenoxy) is 1. The highest BCUT2D eigenvalue weighted by atomic mass is 16.5. The van der Waals surface area contributed by atoms with E-state index in [1.165, 1.54) is 0 Å². The summed E-state index contributed by atoms with van der Waals surface area (Å²) in [5.74, 6) is 0.754. The molecule has 0 saturated heterocycles. The molecule has 0 spiro atoms. The van der Waals surface area contributed by atoms with Crippen LogP contribution in [0.15, 0.2) is 42.7 Å². The van der Waals surface area contributed by atoms with Gasteiger partial charge in [-0.15, -0.1) is 0 Å². The van der Waals surface area contributed by atoms with Crippen LogP contribution < -0.4 is 10.1 Å². The zero-order chi connectivity index (χ0) is 13.7. The maximum atomic E-state index is 9.32. The molecule has 1 unspecified atom stereocenters. The summed E-state index contributed by atoms with van der Waals surface area (Å²) in [6, 6.07) is 11.2. The van der Waals surface area contributed by atoms with Crippen molar-refractivity contribution in [1.29, 1.82) is 5.26 Å². The van der Waals surface area contributed by atoms with E-state index in [2.05, 4.69) is 16.4 Å². The number of nitrogens with zero attached hydrogens (tertiary/aromatic N) is 2. The quantitative estimate of drug-likeness (QED) is 0.909. The minimum atomic E-state index is -0.430. The number of methoxy groups -OCH3 is 1. The molecule has 4 nitrogen and oxygen atoms in total. The fourth-order valence-corrected chi connectivity index (χ4v) is 1.84. The van der Waals surface area contributed by atoms with Crippen molar-refractivity contribution in [2.24, 2.45) is 0 Å². The van der Waals surface area contributed by atoms with E-state index in [4.69, 9.17) is 4.74 Å². The Morgan fingerprint density at radius 1 is 1.37 bits per heavy atom. The number of rotatable bonds is 4. The highest BCUT2D eigenvalue weighted by Gasteiger charge is 2.13. The second-order valence-corrected chi connectivity index (χ2v) is 4.17. The van der Waals surface area contributed by atoms with E-state index < -0.39 is 6.04 Å². The normalized spacial score (nSPS) is 11.4. The van der Waals surface area contributed by atoms with Gasteiger partial charge in [0.1, 0.15) is 11.8 Å². The smallest absolute Gasteiger partial charge is 0.142 e. The molecule has 0 aliphatic rings. The molecule has 4 heteroatoms. The predicted molar refractivity (Wildman–Crippen MR) is 73.9 cm³/mol. The van der Waals surface area contributed by atoms with Crippen LogP contribution in [0.1, 0.15) is 17.2 Å². The molecule has 1 atom stereocenters. The Kier molecular flexibility index (Phi) is 3.99. The summed E-state index contributed by atoms with van der Waals surface area (Å²) in [5.41, 5.74) is 2.76. The number of hydrogen-bond donors (Lipinski definition) is 1. The van der Waals surface area contributed by atoms with Gasteiger partial charge in [-0.3, -0.25) is 4.98 Å². The van der Waals surface area contributed by atoms with Crippen LogP contribution in [-0.4, -0.2) is 12.1 Å². The first-order chi connectivity index (χ1) is 9.24. The van der Waals surface area contributed by atoms with Crippen LogP contribution in [0, 0.1) is 18.3 Å². The third kappa shape index (κ3) is 3.02. The molecule has 0 aliphatic heterocycles. The van der Waals surface area contributed by atoms with E-state index in [0.717, 1.165) is 22.6 Å². The maximum absolute atomic E-state index is 9.32. The van der Waals surface area contributed by atoms with E-state index in [0.29, 0.717) is 0 Å². The fourth-order valence-electron chi connectivity index (χ4n) is 1.84. The van der Waals surface area contributed by atoms with Crippen LogP contribution in [0.25, 0.3) is 0 Å². The summed E-state index contributed by atoms with van der Waals surface area (Å²) in [6.45, 7) is 1.97. The van der Waals surface area contributed by atoms with Gasteiger partial charge in [-0.25, -0.2) is 0 Å². The molecular formula is C15H15N3O. The molecule has 2 aromatic rings. The molecule has 0 bridgehead atoms. The van der Waals surface area contributed by atoms with Crippen molar-refractivity contribution in [1.82, 2.24) is 4.98 Å². The Morgan fingerprint density at radius 3 is 2.89 bits per heavy atom.